The van der Waals surface area contributed by atoms with Crippen molar-refractivity contribution < 1.29 is 4.79 Å². The van der Waals surface area contributed by atoms with Gasteiger partial charge in [0.05, 0.1) is 16.6 Å². The summed E-state index contributed by atoms with van der Waals surface area (Å²) in [5.41, 5.74) is 1.37. The molecule has 2 N–H and O–H groups in total. The first-order chi connectivity index (χ1) is 10.2. The summed E-state index contributed by atoms with van der Waals surface area (Å²) in [7, 11) is 0. The zero-order valence-corrected chi connectivity index (χ0v) is 12.5. The Morgan fingerprint density at radius 1 is 1.48 bits per heavy atom. The van der Waals surface area contributed by atoms with E-state index in [9.17, 15) is 4.79 Å². The molecule has 0 saturated carbocycles. The Morgan fingerprint density at radius 2 is 2.33 bits per heavy atom. The van der Waals surface area contributed by atoms with Crippen molar-refractivity contribution in [1.82, 2.24) is 15.1 Å². The van der Waals surface area contributed by atoms with Crippen LogP contribution in [0.1, 0.15) is 13.3 Å². The second-order valence-electron chi connectivity index (χ2n) is 5.21. The number of rotatable bonds is 3. The van der Waals surface area contributed by atoms with E-state index in [1.807, 2.05) is 25.1 Å². The number of halogens is 1. The lowest BCUT2D eigenvalue weighted by atomic mass is 10.0. The molecule has 1 aromatic heterocycles. The van der Waals surface area contributed by atoms with E-state index < -0.39 is 0 Å². The lowest BCUT2D eigenvalue weighted by Crippen LogP contribution is -2.32. The van der Waals surface area contributed by atoms with Crippen LogP contribution in [0, 0.1) is 5.92 Å². The molecule has 1 aromatic carbocycles. The maximum Gasteiger partial charge on any atom is 0.229 e. The van der Waals surface area contributed by atoms with Crippen molar-refractivity contribution >= 4 is 23.2 Å². The van der Waals surface area contributed by atoms with Crippen LogP contribution < -0.4 is 10.6 Å². The van der Waals surface area contributed by atoms with Crippen molar-refractivity contribution in [2.24, 2.45) is 5.92 Å². The monoisotopic (exact) mass is 304 g/mol. The fraction of sp³-hybridized carbons (Fsp3) is 0.333. The second kappa shape index (κ2) is 5.87. The van der Waals surface area contributed by atoms with Gasteiger partial charge in [-0.05, 0) is 38.1 Å². The Balaban J connectivity index is 1.89. The summed E-state index contributed by atoms with van der Waals surface area (Å²) in [6.45, 7) is 2.91. The van der Waals surface area contributed by atoms with E-state index in [1.165, 1.54) is 0 Å². The van der Waals surface area contributed by atoms with E-state index in [4.69, 9.17) is 11.6 Å². The highest BCUT2D eigenvalue weighted by Crippen LogP contribution is 2.29. The third kappa shape index (κ3) is 2.80. The van der Waals surface area contributed by atoms with E-state index in [-0.39, 0.29) is 17.9 Å². The highest BCUT2D eigenvalue weighted by Gasteiger charge is 2.29. The summed E-state index contributed by atoms with van der Waals surface area (Å²) in [5.74, 6) is -0.00220. The average molecular weight is 305 g/mol. The summed E-state index contributed by atoms with van der Waals surface area (Å²) in [5, 5.41) is 11.0. The van der Waals surface area contributed by atoms with Crippen LogP contribution in [0.15, 0.2) is 36.7 Å². The van der Waals surface area contributed by atoms with Crippen molar-refractivity contribution in [3.05, 3.63) is 41.7 Å². The second-order valence-corrected chi connectivity index (χ2v) is 5.62. The molecular weight excluding hydrogens is 288 g/mol. The Morgan fingerprint density at radius 3 is 3.00 bits per heavy atom. The number of para-hydroxylation sites is 1. The quantitative estimate of drug-likeness (QED) is 0.916. The first-order valence-electron chi connectivity index (χ1n) is 6.99. The molecule has 0 spiro atoms. The minimum absolute atomic E-state index is 0.0168. The van der Waals surface area contributed by atoms with Gasteiger partial charge in [0.25, 0.3) is 0 Å². The van der Waals surface area contributed by atoms with Gasteiger partial charge in [0.15, 0.2) is 0 Å². The molecule has 1 aliphatic rings. The van der Waals surface area contributed by atoms with Crippen LogP contribution in [0.2, 0.25) is 5.02 Å². The fourth-order valence-electron chi connectivity index (χ4n) is 2.69. The van der Waals surface area contributed by atoms with Crippen LogP contribution in [0.4, 0.5) is 5.69 Å². The van der Waals surface area contributed by atoms with Crippen LogP contribution in [0.3, 0.4) is 0 Å². The first-order valence-corrected chi connectivity index (χ1v) is 7.37. The molecule has 1 saturated heterocycles. The van der Waals surface area contributed by atoms with Gasteiger partial charge in [-0.25, -0.2) is 4.68 Å². The summed E-state index contributed by atoms with van der Waals surface area (Å²) in [4.78, 5) is 12.4. The summed E-state index contributed by atoms with van der Waals surface area (Å²) in [6.07, 6.45) is 4.33. The van der Waals surface area contributed by atoms with Crippen molar-refractivity contribution in [2.75, 3.05) is 11.9 Å². The molecule has 6 heteroatoms. The number of nitrogens with one attached hydrogen (secondary N) is 2. The number of aromatic nitrogens is 2. The Bertz CT molecular complexity index is 641. The normalized spacial score (nSPS) is 21.4. The molecule has 5 nitrogen and oxygen atoms in total. The third-order valence-electron chi connectivity index (χ3n) is 3.84. The zero-order valence-electron chi connectivity index (χ0n) is 11.7. The molecule has 0 radical (unpaired) electrons. The molecular formula is C15H17ClN4O. The van der Waals surface area contributed by atoms with Gasteiger partial charge in [-0.3, -0.25) is 4.79 Å². The van der Waals surface area contributed by atoms with E-state index in [0.717, 1.165) is 13.0 Å². The van der Waals surface area contributed by atoms with E-state index in [0.29, 0.717) is 16.4 Å². The van der Waals surface area contributed by atoms with Gasteiger partial charge in [0, 0.05) is 18.4 Å². The van der Waals surface area contributed by atoms with Gasteiger partial charge in [-0.1, -0.05) is 17.7 Å². The minimum atomic E-state index is -0.0190. The van der Waals surface area contributed by atoms with Gasteiger partial charge < -0.3 is 10.6 Å². The van der Waals surface area contributed by atoms with Crippen molar-refractivity contribution in [1.29, 1.82) is 0 Å². The fourth-order valence-corrected chi connectivity index (χ4v) is 2.95. The molecule has 1 aliphatic heterocycles. The largest absolute Gasteiger partial charge is 0.324 e. The molecule has 0 bridgehead atoms. The van der Waals surface area contributed by atoms with Crippen molar-refractivity contribution in [2.45, 2.75) is 19.4 Å². The molecule has 3 rings (SSSR count). The average Bonchev–Trinajstić information content (AvgIpc) is 3.10. The van der Waals surface area contributed by atoms with Gasteiger partial charge in [0.1, 0.15) is 5.69 Å². The number of hydrogen-bond donors (Lipinski definition) is 2. The van der Waals surface area contributed by atoms with Gasteiger partial charge in [-0.2, -0.15) is 5.10 Å². The molecule has 110 valence electrons. The Hall–Kier alpha value is -1.85. The number of carbonyl (C=O) groups excluding carboxylic acids is 1. The molecule has 2 heterocycles. The highest BCUT2D eigenvalue weighted by atomic mass is 35.5. The highest BCUT2D eigenvalue weighted by molar-refractivity contribution is 6.33. The van der Waals surface area contributed by atoms with Crippen LogP contribution in [0.5, 0.6) is 0 Å². The molecule has 2 atom stereocenters. The number of nitrogens with zero attached hydrogens (tertiary/aromatic N) is 2. The number of anilines is 1. The number of benzene rings is 1. The standard InChI is InChI=1S/C15H17ClN4O/c1-10-11(6-8-17-10)15(21)19-13-5-2-4-12(16)14(13)20-9-3-7-18-20/h2-5,7,9-11,17H,6,8H2,1H3,(H,19,21). The molecule has 2 unspecified atom stereocenters. The summed E-state index contributed by atoms with van der Waals surface area (Å²) >= 11 is 6.27. The van der Waals surface area contributed by atoms with Gasteiger partial charge in [-0.15, -0.1) is 0 Å². The van der Waals surface area contributed by atoms with Crippen LogP contribution >= 0.6 is 11.6 Å². The summed E-state index contributed by atoms with van der Waals surface area (Å²) < 4.78 is 1.66. The van der Waals surface area contributed by atoms with E-state index in [2.05, 4.69) is 15.7 Å². The maximum absolute atomic E-state index is 12.4. The van der Waals surface area contributed by atoms with Crippen molar-refractivity contribution in [3.8, 4) is 5.69 Å². The van der Waals surface area contributed by atoms with E-state index >= 15 is 0 Å². The van der Waals surface area contributed by atoms with Gasteiger partial charge in [0.2, 0.25) is 5.91 Å². The van der Waals surface area contributed by atoms with Crippen LogP contribution in [-0.4, -0.2) is 28.3 Å². The summed E-state index contributed by atoms with van der Waals surface area (Å²) in [6, 6.07) is 7.46. The molecule has 21 heavy (non-hydrogen) atoms. The smallest absolute Gasteiger partial charge is 0.229 e. The van der Waals surface area contributed by atoms with Crippen LogP contribution in [-0.2, 0) is 4.79 Å². The molecule has 2 aromatic rings. The number of carbonyl (C=O) groups is 1. The molecule has 1 fully saturated rings. The third-order valence-corrected chi connectivity index (χ3v) is 4.15. The van der Waals surface area contributed by atoms with Gasteiger partial charge >= 0.3 is 0 Å². The predicted octanol–water partition coefficient (Wildman–Crippen LogP) is 2.46. The van der Waals surface area contributed by atoms with Crippen LogP contribution in [0.25, 0.3) is 5.69 Å². The maximum atomic E-state index is 12.4. The van der Waals surface area contributed by atoms with E-state index in [1.54, 1.807) is 23.1 Å². The number of hydrogen-bond acceptors (Lipinski definition) is 3. The zero-order chi connectivity index (χ0) is 14.8. The van der Waals surface area contributed by atoms with Crippen molar-refractivity contribution in [3.63, 3.8) is 0 Å². The first kappa shape index (κ1) is 14.1. The molecule has 1 amide bonds. The Kier molecular flexibility index (Phi) is 3.94. The topological polar surface area (TPSA) is 59.0 Å². The predicted molar refractivity (Wildman–Crippen MR) is 82.8 cm³/mol. The lowest BCUT2D eigenvalue weighted by Gasteiger charge is -2.17. The minimum Gasteiger partial charge on any atom is -0.324 e. The molecule has 0 aliphatic carbocycles. The lowest BCUT2D eigenvalue weighted by molar-refractivity contribution is -0.120. The number of amides is 1. The Labute approximate surface area is 128 Å². The SMILES string of the molecule is CC1NCCC1C(=O)Nc1cccc(Cl)c1-n1cccn1.